The molecule has 3 atom stereocenters. The zero-order valence-corrected chi connectivity index (χ0v) is 14.2. The van der Waals surface area contributed by atoms with E-state index in [0.29, 0.717) is 37.3 Å². The maximum Gasteiger partial charge on any atom is 0.225 e. The molecule has 2 heterocycles. The lowest BCUT2D eigenvalue weighted by Gasteiger charge is -2.28. The summed E-state index contributed by atoms with van der Waals surface area (Å²) in [5, 5.41) is 6.48. The van der Waals surface area contributed by atoms with Crippen molar-refractivity contribution in [2.45, 2.75) is 57.5 Å². The molecule has 0 aromatic heterocycles. The second-order valence-corrected chi connectivity index (χ2v) is 7.03. The quantitative estimate of drug-likeness (QED) is 0.799. The first kappa shape index (κ1) is 17.5. The third-order valence-electron chi connectivity index (χ3n) is 5.16. The maximum absolute atomic E-state index is 12.2. The zero-order chi connectivity index (χ0) is 14.8. The number of nitrogens with zero attached hydrogens (tertiary/aromatic N) is 1. The maximum atomic E-state index is 12.2. The van der Waals surface area contributed by atoms with Crippen LogP contribution in [0.5, 0.6) is 0 Å². The fourth-order valence-electron chi connectivity index (χ4n) is 3.68. The van der Waals surface area contributed by atoms with Gasteiger partial charge in [-0.1, -0.05) is 6.92 Å². The van der Waals surface area contributed by atoms with E-state index >= 15 is 0 Å². The Hall–Kier alpha value is -0.810. The van der Waals surface area contributed by atoms with Crippen molar-refractivity contribution in [3.8, 4) is 0 Å². The van der Waals surface area contributed by atoms with Crippen LogP contribution < -0.4 is 10.6 Å². The van der Waals surface area contributed by atoms with Gasteiger partial charge >= 0.3 is 0 Å². The molecule has 2 N–H and O–H groups in total. The molecule has 5 nitrogen and oxygen atoms in total. The minimum atomic E-state index is 0. The largest absolute Gasteiger partial charge is 0.351 e. The van der Waals surface area contributed by atoms with E-state index in [-0.39, 0.29) is 30.3 Å². The molecule has 0 aromatic rings. The molecule has 0 spiro atoms. The summed E-state index contributed by atoms with van der Waals surface area (Å²) in [6.45, 7) is 5.03. The number of hydrogen-bond acceptors (Lipinski definition) is 3. The average Bonchev–Trinajstić information content (AvgIpc) is 3.24. The van der Waals surface area contributed by atoms with Gasteiger partial charge in [-0.05, 0) is 50.6 Å². The Morgan fingerprint density at radius 1 is 1.41 bits per heavy atom. The van der Waals surface area contributed by atoms with Crippen LogP contribution in [-0.2, 0) is 9.59 Å². The first-order chi connectivity index (χ1) is 10.1. The highest BCUT2D eigenvalue weighted by atomic mass is 35.5. The summed E-state index contributed by atoms with van der Waals surface area (Å²) in [5.41, 5.74) is 0. The monoisotopic (exact) mass is 329 g/mol. The normalized spacial score (nSPS) is 29.9. The van der Waals surface area contributed by atoms with Crippen LogP contribution in [0, 0.1) is 11.8 Å². The topological polar surface area (TPSA) is 61.4 Å². The molecule has 0 aromatic carbocycles. The van der Waals surface area contributed by atoms with Crippen molar-refractivity contribution in [2.24, 2.45) is 11.8 Å². The number of likely N-dealkylation sites (tertiary alicyclic amines) is 1. The van der Waals surface area contributed by atoms with Gasteiger partial charge in [0.1, 0.15) is 0 Å². The first-order valence-electron chi connectivity index (χ1n) is 8.43. The molecule has 3 rings (SSSR count). The predicted molar refractivity (Wildman–Crippen MR) is 87.9 cm³/mol. The molecule has 0 radical (unpaired) electrons. The Balaban J connectivity index is 0.00000176. The number of piperidine rings is 1. The van der Waals surface area contributed by atoms with Gasteiger partial charge in [0.2, 0.25) is 11.8 Å². The van der Waals surface area contributed by atoms with Crippen molar-refractivity contribution in [1.82, 2.24) is 15.5 Å². The fourth-order valence-corrected chi connectivity index (χ4v) is 3.68. The van der Waals surface area contributed by atoms with Crippen LogP contribution in [0.2, 0.25) is 0 Å². The third kappa shape index (κ3) is 4.35. The van der Waals surface area contributed by atoms with Gasteiger partial charge in [0.25, 0.3) is 0 Å². The highest BCUT2D eigenvalue weighted by Crippen LogP contribution is 2.30. The van der Waals surface area contributed by atoms with E-state index in [2.05, 4.69) is 17.6 Å². The van der Waals surface area contributed by atoms with Crippen molar-refractivity contribution in [3.05, 3.63) is 0 Å². The lowest BCUT2D eigenvalue weighted by molar-refractivity contribution is -0.128. The summed E-state index contributed by atoms with van der Waals surface area (Å²) in [7, 11) is 0. The Morgan fingerprint density at radius 3 is 2.82 bits per heavy atom. The lowest BCUT2D eigenvalue weighted by atomic mass is 9.85. The molecule has 2 saturated heterocycles. The Bertz CT molecular complexity index is 408. The predicted octanol–water partition coefficient (Wildman–Crippen LogP) is 1.31. The van der Waals surface area contributed by atoms with E-state index in [4.69, 9.17) is 0 Å². The summed E-state index contributed by atoms with van der Waals surface area (Å²) < 4.78 is 0. The van der Waals surface area contributed by atoms with Crippen LogP contribution in [0.1, 0.15) is 45.4 Å². The van der Waals surface area contributed by atoms with Gasteiger partial charge in [-0.25, -0.2) is 0 Å². The van der Waals surface area contributed by atoms with Crippen molar-refractivity contribution in [1.29, 1.82) is 0 Å². The molecule has 126 valence electrons. The van der Waals surface area contributed by atoms with Crippen LogP contribution in [0.15, 0.2) is 0 Å². The fraction of sp³-hybridized carbons (Fsp3) is 0.875. The lowest BCUT2D eigenvalue weighted by Crippen LogP contribution is -2.40. The van der Waals surface area contributed by atoms with E-state index in [0.717, 1.165) is 25.9 Å². The minimum absolute atomic E-state index is 0. The Morgan fingerprint density at radius 2 is 2.18 bits per heavy atom. The van der Waals surface area contributed by atoms with Crippen LogP contribution in [0.25, 0.3) is 0 Å². The smallest absolute Gasteiger partial charge is 0.225 e. The summed E-state index contributed by atoms with van der Waals surface area (Å²) in [6.07, 6.45) is 5.78. The second-order valence-electron chi connectivity index (χ2n) is 7.03. The molecule has 6 heteroatoms. The molecule has 22 heavy (non-hydrogen) atoms. The molecule has 3 aliphatic rings. The zero-order valence-electron chi connectivity index (χ0n) is 13.3. The molecule has 2 amide bonds. The SMILES string of the molecule is CC(CC(=O)NC1CC(=O)N(C2CC2)C1)C1CCCNC1.Cl. The highest BCUT2D eigenvalue weighted by Gasteiger charge is 2.39. The first-order valence-corrected chi connectivity index (χ1v) is 8.43. The number of rotatable bonds is 5. The van der Waals surface area contributed by atoms with Gasteiger partial charge < -0.3 is 15.5 Å². The van der Waals surface area contributed by atoms with Gasteiger partial charge in [-0.3, -0.25) is 9.59 Å². The standard InChI is InChI=1S/C16H27N3O2.ClH/c1-11(12-3-2-6-17-9-12)7-15(20)18-13-8-16(21)19(10-13)14-4-5-14;/h11-14,17H,2-10H2,1H3,(H,18,20);1H. The molecule has 0 bridgehead atoms. The number of carbonyl (C=O) groups is 2. The van der Waals surface area contributed by atoms with E-state index in [1.807, 2.05) is 4.90 Å². The molecule has 3 fully saturated rings. The van der Waals surface area contributed by atoms with Crippen LogP contribution in [-0.4, -0.2) is 48.4 Å². The number of hydrogen-bond donors (Lipinski definition) is 2. The number of amides is 2. The molecule has 1 saturated carbocycles. The molecule has 1 aliphatic carbocycles. The van der Waals surface area contributed by atoms with Crippen LogP contribution in [0.3, 0.4) is 0 Å². The van der Waals surface area contributed by atoms with E-state index in [1.54, 1.807) is 0 Å². The van der Waals surface area contributed by atoms with Gasteiger partial charge in [0.05, 0.1) is 6.04 Å². The summed E-state index contributed by atoms with van der Waals surface area (Å²) in [5.74, 6) is 1.35. The Labute approximate surface area is 139 Å². The van der Waals surface area contributed by atoms with Gasteiger partial charge in [-0.2, -0.15) is 0 Å². The summed E-state index contributed by atoms with van der Waals surface area (Å²) >= 11 is 0. The molecular formula is C16H28ClN3O2. The van der Waals surface area contributed by atoms with Gasteiger partial charge in [-0.15, -0.1) is 12.4 Å². The Kier molecular flexibility index (Phi) is 6.09. The summed E-state index contributed by atoms with van der Waals surface area (Å²) in [4.78, 5) is 26.0. The van der Waals surface area contributed by atoms with Gasteiger partial charge in [0, 0.05) is 25.4 Å². The molecule has 2 aliphatic heterocycles. The van der Waals surface area contributed by atoms with Crippen molar-refractivity contribution in [3.63, 3.8) is 0 Å². The number of halogens is 1. The molecule has 3 unspecified atom stereocenters. The molecular weight excluding hydrogens is 302 g/mol. The van der Waals surface area contributed by atoms with E-state index in [9.17, 15) is 9.59 Å². The van der Waals surface area contributed by atoms with Crippen LogP contribution >= 0.6 is 12.4 Å². The third-order valence-corrected chi connectivity index (χ3v) is 5.16. The average molecular weight is 330 g/mol. The van der Waals surface area contributed by atoms with Crippen molar-refractivity contribution in [2.75, 3.05) is 19.6 Å². The van der Waals surface area contributed by atoms with Crippen molar-refractivity contribution >= 4 is 24.2 Å². The minimum Gasteiger partial charge on any atom is -0.351 e. The number of carbonyl (C=O) groups excluding carboxylic acids is 2. The van der Waals surface area contributed by atoms with Crippen LogP contribution in [0.4, 0.5) is 0 Å². The summed E-state index contributed by atoms with van der Waals surface area (Å²) in [6, 6.07) is 0.494. The van der Waals surface area contributed by atoms with Gasteiger partial charge in [0.15, 0.2) is 0 Å². The van der Waals surface area contributed by atoms with E-state index < -0.39 is 0 Å². The van der Waals surface area contributed by atoms with Crippen molar-refractivity contribution < 1.29 is 9.59 Å². The van der Waals surface area contributed by atoms with E-state index in [1.165, 1.54) is 12.8 Å². The second kappa shape index (κ2) is 7.64. The highest BCUT2D eigenvalue weighted by molar-refractivity contribution is 5.85. The number of nitrogens with one attached hydrogen (secondary N) is 2.